The number of furan rings is 1. The maximum atomic E-state index is 6.41. The lowest BCUT2D eigenvalue weighted by molar-refractivity contribution is 0.669. The highest BCUT2D eigenvalue weighted by atomic mass is 16.3. The topological polar surface area (TPSA) is 23.0 Å². The molecule has 0 spiro atoms. The molecule has 9 aromatic carbocycles. The summed E-state index contributed by atoms with van der Waals surface area (Å²) in [6, 6.07) is 74.4. The fourth-order valence-corrected chi connectivity index (χ4v) is 9.03. The molecule has 0 aliphatic rings. The Morgan fingerprint density at radius 3 is 1.09 bits per heavy atom. The van der Waals surface area contributed by atoms with E-state index in [-0.39, 0.29) is 0 Å². The number of para-hydroxylation sites is 4. The highest BCUT2D eigenvalue weighted by Gasteiger charge is 2.16. The van der Waals surface area contributed by atoms with E-state index in [0.29, 0.717) is 0 Å². The zero-order valence-corrected chi connectivity index (χ0v) is 30.9. The number of benzene rings is 9. The van der Waals surface area contributed by atoms with Crippen LogP contribution in [0.1, 0.15) is 0 Å². The Labute approximate surface area is 328 Å². The first kappa shape index (κ1) is 31.7. The van der Waals surface area contributed by atoms with Crippen LogP contribution in [0.25, 0.3) is 110 Å². The molecule has 0 bridgehead atoms. The summed E-state index contributed by atoms with van der Waals surface area (Å²) in [6.07, 6.45) is 0. The lowest BCUT2D eigenvalue weighted by Gasteiger charge is -2.09. The molecule has 0 aliphatic heterocycles. The molecule has 0 N–H and O–H groups in total. The van der Waals surface area contributed by atoms with E-state index in [4.69, 9.17) is 4.42 Å². The molecule has 3 heteroatoms. The van der Waals surface area contributed by atoms with Gasteiger partial charge in [0.25, 0.3) is 0 Å². The molecule has 0 saturated heterocycles. The predicted molar refractivity (Wildman–Crippen MR) is 239 cm³/mol. The number of rotatable bonds is 5. The van der Waals surface area contributed by atoms with E-state index in [1.807, 2.05) is 0 Å². The summed E-state index contributed by atoms with van der Waals surface area (Å²) in [5, 5.41) is 7.23. The van der Waals surface area contributed by atoms with Gasteiger partial charge < -0.3 is 13.6 Å². The molecule has 12 rings (SSSR count). The van der Waals surface area contributed by atoms with Gasteiger partial charge in [0, 0.05) is 43.7 Å². The van der Waals surface area contributed by atoms with Crippen LogP contribution in [-0.2, 0) is 0 Å². The molecule has 0 radical (unpaired) electrons. The molecule has 12 aromatic rings. The van der Waals surface area contributed by atoms with Crippen LogP contribution in [0.15, 0.2) is 211 Å². The van der Waals surface area contributed by atoms with Crippen molar-refractivity contribution in [1.29, 1.82) is 0 Å². The van der Waals surface area contributed by atoms with Crippen LogP contribution in [0.3, 0.4) is 0 Å². The largest absolute Gasteiger partial charge is 0.456 e. The molecular formula is C54H34N2O. The van der Waals surface area contributed by atoms with Crippen LogP contribution in [-0.4, -0.2) is 9.13 Å². The van der Waals surface area contributed by atoms with E-state index in [0.717, 1.165) is 33.2 Å². The zero-order chi connectivity index (χ0) is 37.5. The third kappa shape index (κ3) is 4.99. The number of hydrogen-bond donors (Lipinski definition) is 0. The molecule has 0 unspecified atom stereocenters. The fourth-order valence-electron chi connectivity index (χ4n) is 9.03. The Morgan fingerprint density at radius 1 is 0.246 bits per heavy atom. The van der Waals surface area contributed by atoms with Crippen molar-refractivity contribution >= 4 is 65.6 Å². The van der Waals surface area contributed by atoms with Crippen LogP contribution in [0.2, 0.25) is 0 Å². The van der Waals surface area contributed by atoms with Crippen LogP contribution in [0.4, 0.5) is 0 Å². The van der Waals surface area contributed by atoms with Crippen molar-refractivity contribution in [3.63, 3.8) is 0 Å². The minimum Gasteiger partial charge on any atom is -0.456 e. The number of aromatic nitrogens is 2. The van der Waals surface area contributed by atoms with Gasteiger partial charge in [0.1, 0.15) is 11.2 Å². The smallest absolute Gasteiger partial charge is 0.135 e. The lowest BCUT2D eigenvalue weighted by atomic mass is 9.96. The lowest BCUT2D eigenvalue weighted by Crippen LogP contribution is -1.92. The molecule has 0 atom stereocenters. The quantitative estimate of drug-likeness (QED) is 0.173. The van der Waals surface area contributed by atoms with Crippen LogP contribution in [0, 0.1) is 0 Å². The van der Waals surface area contributed by atoms with E-state index in [1.54, 1.807) is 0 Å². The Balaban J connectivity index is 0.939. The maximum Gasteiger partial charge on any atom is 0.135 e. The van der Waals surface area contributed by atoms with Gasteiger partial charge in [-0.25, -0.2) is 0 Å². The molecule has 3 aromatic heterocycles. The van der Waals surface area contributed by atoms with Gasteiger partial charge in [-0.2, -0.15) is 0 Å². The van der Waals surface area contributed by atoms with Crippen molar-refractivity contribution in [1.82, 2.24) is 9.13 Å². The second-order valence-electron chi connectivity index (χ2n) is 14.9. The number of nitrogens with zero attached hydrogens (tertiary/aromatic N) is 2. The van der Waals surface area contributed by atoms with Gasteiger partial charge >= 0.3 is 0 Å². The van der Waals surface area contributed by atoms with Crippen molar-refractivity contribution in [3.8, 4) is 44.8 Å². The Morgan fingerprint density at radius 2 is 0.614 bits per heavy atom. The normalized spacial score (nSPS) is 11.9. The minimum absolute atomic E-state index is 0.892. The van der Waals surface area contributed by atoms with Gasteiger partial charge in [-0.1, -0.05) is 115 Å². The molecule has 0 aliphatic carbocycles. The summed E-state index contributed by atoms with van der Waals surface area (Å²) in [6.45, 7) is 0. The summed E-state index contributed by atoms with van der Waals surface area (Å²) in [5.41, 5.74) is 16.0. The van der Waals surface area contributed by atoms with E-state index < -0.39 is 0 Å². The molecular weight excluding hydrogens is 693 g/mol. The SMILES string of the molecule is c1ccc(-n2c3ccccc3c3cc(-c4cccc(-c5ccc6oc7ccc(-c8ccc9c(c8)c8ccccc8n9-c8ccccc8)cc7c6c5)c4)ccc32)cc1. The first-order valence-electron chi connectivity index (χ1n) is 19.5. The standard InChI is InChI=1S/C54H34N2O/c1-3-14-41(15-4-1)55-49-20-9-7-18-43(49)45-31-37(22-26-51(45)55)35-12-11-13-36(30-35)39-24-28-53-47(33-39)48-34-40(25-29-54(48)57-53)38-23-27-52-46(32-38)44-19-8-10-21-50(44)56(52)42-16-5-2-6-17-42/h1-34H. The Hall–Kier alpha value is -7.62. The molecule has 0 fully saturated rings. The summed E-state index contributed by atoms with van der Waals surface area (Å²) < 4.78 is 11.1. The van der Waals surface area contributed by atoms with Crippen molar-refractivity contribution in [2.75, 3.05) is 0 Å². The Bertz CT molecular complexity index is 3510. The number of hydrogen-bond acceptors (Lipinski definition) is 1. The van der Waals surface area contributed by atoms with Gasteiger partial charge in [-0.3, -0.25) is 0 Å². The summed E-state index contributed by atoms with van der Waals surface area (Å²) >= 11 is 0. The summed E-state index contributed by atoms with van der Waals surface area (Å²) in [7, 11) is 0. The highest BCUT2D eigenvalue weighted by molar-refractivity contribution is 6.12. The maximum absolute atomic E-state index is 6.41. The third-order valence-electron chi connectivity index (χ3n) is 11.7. The predicted octanol–water partition coefficient (Wildman–Crippen LogP) is 14.8. The fraction of sp³-hybridized carbons (Fsp3) is 0. The molecule has 0 saturated carbocycles. The van der Waals surface area contributed by atoms with E-state index in [9.17, 15) is 0 Å². The average molecular weight is 727 g/mol. The van der Waals surface area contributed by atoms with Crippen molar-refractivity contribution in [2.24, 2.45) is 0 Å². The summed E-state index contributed by atoms with van der Waals surface area (Å²) in [5.74, 6) is 0. The van der Waals surface area contributed by atoms with E-state index >= 15 is 0 Å². The molecule has 0 amide bonds. The van der Waals surface area contributed by atoms with Crippen LogP contribution < -0.4 is 0 Å². The summed E-state index contributed by atoms with van der Waals surface area (Å²) in [4.78, 5) is 0. The van der Waals surface area contributed by atoms with Crippen molar-refractivity contribution < 1.29 is 4.42 Å². The van der Waals surface area contributed by atoms with Gasteiger partial charge in [0.05, 0.1) is 22.1 Å². The van der Waals surface area contributed by atoms with E-state index in [2.05, 4.69) is 215 Å². The second kappa shape index (κ2) is 12.5. The third-order valence-corrected chi connectivity index (χ3v) is 11.7. The minimum atomic E-state index is 0.892. The molecule has 266 valence electrons. The van der Waals surface area contributed by atoms with Crippen molar-refractivity contribution in [3.05, 3.63) is 206 Å². The zero-order valence-electron chi connectivity index (χ0n) is 30.9. The molecule has 3 heterocycles. The first-order chi connectivity index (χ1) is 28.2. The van der Waals surface area contributed by atoms with Gasteiger partial charge in [-0.05, 0) is 124 Å². The highest BCUT2D eigenvalue weighted by Crippen LogP contribution is 2.40. The average Bonchev–Trinajstić information content (AvgIpc) is 3.93. The Kier molecular flexibility index (Phi) is 6.93. The molecule has 57 heavy (non-hydrogen) atoms. The number of fused-ring (bicyclic) bond motifs is 9. The van der Waals surface area contributed by atoms with Gasteiger partial charge in [0.2, 0.25) is 0 Å². The first-order valence-corrected chi connectivity index (χ1v) is 19.5. The van der Waals surface area contributed by atoms with E-state index in [1.165, 1.54) is 77.1 Å². The van der Waals surface area contributed by atoms with Crippen LogP contribution in [0.5, 0.6) is 0 Å². The second-order valence-corrected chi connectivity index (χ2v) is 14.9. The van der Waals surface area contributed by atoms with Gasteiger partial charge in [0.15, 0.2) is 0 Å². The molecule has 3 nitrogen and oxygen atoms in total. The monoisotopic (exact) mass is 726 g/mol. The van der Waals surface area contributed by atoms with Crippen LogP contribution >= 0.6 is 0 Å². The van der Waals surface area contributed by atoms with Crippen molar-refractivity contribution in [2.45, 2.75) is 0 Å². The van der Waals surface area contributed by atoms with Gasteiger partial charge in [-0.15, -0.1) is 0 Å².